The van der Waals surface area contributed by atoms with Crippen molar-refractivity contribution in [3.8, 4) is 0 Å². The average molecular weight is 353 g/mol. The fourth-order valence-electron chi connectivity index (χ4n) is 2.91. The maximum Gasteiger partial charge on any atom is 0.274 e. The minimum atomic E-state index is -0.154. The summed E-state index contributed by atoms with van der Waals surface area (Å²) in [6, 6.07) is 6.02. The summed E-state index contributed by atoms with van der Waals surface area (Å²) in [4.78, 5) is 35.9. The molecule has 1 aromatic carbocycles. The monoisotopic (exact) mass is 353 g/mol. The summed E-state index contributed by atoms with van der Waals surface area (Å²) >= 11 is 0. The van der Waals surface area contributed by atoms with Crippen LogP contribution in [0.1, 0.15) is 28.5 Å². The molecule has 0 atom stereocenters. The van der Waals surface area contributed by atoms with Crippen LogP contribution in [0.25, 0.3) is 0 Å². The number of hydrogen-bond donors (Lipinski definition) is 1. The van der Waals surface area contributed by atoms with Crippen molar-refractivity contribution < 1.29 is 9.59 Å². The van der Waals surface area contributed by atoms with E-state index in [-0.39, 0.29) is 11.8 Å². The highest BCUT2D eigenvalue weighted by atomic mass is 16.2. The van der Waals surface area contributed by atoms with Gasteiger partial charge in [-0.3, -0.25) is 9.59 Å². The van der Waals surface area contributed by atoms with Gasteiger partial charge in [0.05, 0.1) is 12.4 Å². The normalized spacial score (nSPS) is 14.3. The molecule has 1 N–H and O–H groups in total. The third-order valence-electron chi connectivity index (χ3n) is 4.75. The summed E-state index contributed by atoms with van der Waals surface area (Å²) in [7, 11) is 0. The first-order chi connectivity index (χ1) is 12.5. The molecule has 1 saturated heterocycles. The second kappa shape index (κ2) is 7.51. The summed E-state index contributed by atoms with van der Waals surface area (Å²) in [6.45, 7) is 7.79. The van der Waals surface area contributed by atoms with Crippen molar-refractivity contribution in [3.63, 3.8) is 0 Å². The second-order valence-electron chi connectivity index (χ2n) is 6.46. The Hall–Kier alpha value is -2.96. The van der Waals surface area contributed by atoms with Crippen molar-refractivity contribution in [2.24, 2.45) is 0 Å². The molecule has 0 aliphatic carbocycles. The van der Waals surface area contributed by atoms with E-state index < -0.39 is 0 Å². The molecule has 3 rings (SSSR count). The molecule has 2 heterocycles. The largest absolute Gasteiger partial charge is 0.339 e. The number of nitrogens with one attached hydrogen (secondary N) is 1. The van der Waals surface area contributed by atoms with Crippen LogP contribution >= 0.6 is 0 Å². The maximum absolute atomic E-state index is 12.5. The number of anilines is 2. The molecular weight excluding hydrogens is 330 g/mol. The number of amides is 2. The van der Waals surface area contributed by atoms with Crippen LogP contribution in [0.5, 0.6) is 0 Å². The van der Waals surface area contributed by atoms with Crippen LogP contribution in [-0.2, 0) is 4.79 Å². The Morgan fingerprint density at radius 1 is 1.00 bits per heavy atom. The van der Waals surface area contributed by atoms with Crippen LogP contribution in [0, 0.1) is 13.8 Å². The van der Waals surface area contributed by atoms with Gasteiger partial charge in [0.15, 0.2) is 0 Å². The van der Waals surface area contributed by atoms with E-state index in [1.165, 1.54) is 11.8 Å². The van der Waals surface area contributed by atoms with E-state index in [9.17, 15) is 9.59 Å². The topological polar surface area (TPSA) is 78.4 Å². The molecule has 136 valence electrons. The quantitative estimate of drug-likeness (QED) is 0.915. The van der Waals surface area contributed by atoms with Crippen molar-refractivity contribution >= 4 is 23.3 Å². The molecule has 0 bridgehead atoms. The van der Waals surface area contributed by atoms with Crippen LogP contribution in [0.4, 0.5) is 11.5 Å². The number of carbonyl (C=O) groups excluding carboxylic acids is 2. The Balaban J connectivity index is 1.65. The zero-order valence-corrected chi connectivity index (χ0v) is 15.3. The summed E-state index contributed by atoms with van der Waals surface area (Å²) in [5.74, 6) is 0.481. The van der Waals surface area contributed by atoms with Gasteiger partial charge in [-0.25, -0.2) is 9.97 Å². The highest BCUT2D eigenvalue weighted by Gasteiger charge is 2.24. The van der Waals surface area contributed by atoms with Gasteiger partial charge in [0.25, 0.3) is 5.91 Å². The first kappa shape index (κ1) is 17.8. The van der Waals surface area contributed by atoms with Gasteiger partial charge in [-0.05, 0) is 31.0 Å². The van der Waals surface area contributed by atoms with Gasteiger partial charge >= 0.3 is 0 Å². The number of aryl methyl sites for hydroxylation is 1. The predicted molar refractivity (Wildman–Crippen MR) is 99.4 cm³/mol. The molecule has 0 unspecified atom stereocenters. The minimum absolute atomic E-state index is 0.0405. The van der Waals surface area contributed by atoms with E-state index >= 15 is 0 Å². The molecule has 1 aliphatic rings. The third-order valence-corrected chi connectivity index (χ3v) is 4.75. The number of piperazine rings is 1. The van der Waals surface area contributed by atoms with E-state index in [1.54, 1.807) is 22.9 Å². The molecular formula is C19H23N5O2. The van der Waals surface area contributed by atoms with Gasteiger partial charge in [-0.2, -0.15) is 0 Å². The molecule has 1 aliphatic heterocycles. The number of carbonyl (C=O) groups is 2. The van der Waals surface area contributed by atoms with E-state index in [1.807, 2.05) is 19.1 Å². The van der Waals surface area contributed by atoms with Crippen molar-refractivity contribution in [3.05, 3.63) is 47.4 Å². The molecule has 7 nitrogen and oxygen atoms in total. The van der Waals surface area contributed by atoms with Crippen LogP contribution in [-0.4, -0.2) is 57.8 Å². The Bertz CT molecular complexity index is 811. The fraction of sp³-hybridized carbons (Fsp3) is 0.368. The lowest BCUT2D eigenvalue weighted by atomic mass is 10.1. The van der Waals surface area contributed by atoms with Crippen LogP contribution in [0.15, 0.2) is 30.6 Å². The molecule has 2 aromatic rings. The number of benzene rings is 1. The SMILES string of the molecule is CC(=O)N1CCN(C(=O)c2cnc(Nc3cccc(C)c3C)cn2)CC1. The molecule has 26 heavy (non-hydrogen) atoms. The lowest BCUT2D eigenvalue weighted by Gasteiger charge is -2.33. The Morgan fingerprint density at radius 2 is 1.69 bits per heavy atom. The summed E-state index contributed by atoms with van der Waals surface area (Å²) in [5, 5.41) is 3.23. The third kappa shape index (κ3) is 3.82. The van der Waals surface area contributed by atoms with Gasteiger partial charge in [-0.15, -0.1) is 0 Å². The Morgan fingerprint density at radius 3 is 2.31 bits per heavy atom. The Kier molecular flexibility index (Phi) is 5.16. The number of aromatic nitrogens is 2. The smallest absolute Gasteiger partial charge is 0.274 e. The van der Waals surface area contributed by atoms with Gasteiger partial charge < -0.3 is 15.1 Å². The zero-order valence-electron chi connectivity index (χ0n) is 15.3. The van der Waals surface area contributed by atoms with Crippen molar-refractivity contribution in [2.45, 2.75) is 20.8 Å². The molecule has 2 amide bonds. The maximum atomic E-state index is 12.5. The van der Waals surface area contributed by atoms with E-state index in [0.717, 1.165) is 11.3 Å². The van der Waals surface area contributed by atoms with Crippen LogP contribution in [0.3, 0.4) is 0 Å². The molecule has 1 aromatic heterocycles. The average Bonchev–Trinajstić information content (AvgIpc) is 2.65. The fourth-order valence-corrected chi connectivity index (χ4v) is 2.91. The molecule has 0 radical (unpaired) electrons. The number of nitrogens with zero attached hydrogens (tertiary/aromatic N) is 4. The molecule has 1 fully saturated rings. The standard InChI is InChI=1S/C19H23N5O2/c1-13-5-4-6-16(14(13)2)22-18-12-20-17(11-21-18)19(26)24-9-7-23(8-10-24)15(3)25/h4-6,11-12H,7-10H2,1-3H3,(H,21,22). The number of rotatable bonds is 3. The highest BCUT2D eigenvalue weighted by Crippen LogP contribution is 2.21. The zero-order chi connectivity index (χ0) is 18.7. The van der Waals surface area contributed by atoms with Crippen molar-refractivity contribution in [1.29, 1.82) is 0 Å². The summed E-state index contributed by atoms with van der Waals surface area (Å²) in [5.41, 5.74) is 3.63. The van der Waals surface area contributed by atoms with E-state index in [0.29, 0.717) is 37.7 Å². The van der Waals surface area contributed by atoms with Crippen molar-refractivity contribution in [1.82, 2.24) is 19.8 Å². The lowest BCUT2D eigenvalue weighted by Crippen LogP contribution is -2.50. The molecule has 0 spiro atoms. The predicted octanol–water partition coefficient (Wildman–Crippen LogP) is 2.14. The first-order valence-electron chi connectivity index (χ1n) is 8.66. The van der Waals surface area contributed by atoms with E-state index in [4.69, 9.17) is 0 Å². The summed E-state index contributed by atoms with van der Waals surface area (Å²) in [6.07, 6.45) is 3.06. The van der Waals surface area contributed by atoms with Crippen LogP contribution in [0.2, 0.25) is 0 Å². The molecule has 0 saturated carbocycles. The second-order valence-corrected chi connectivity index (χ2v) is 6.46. The van der Waals surface area contributed by atoms with Crippen LogP contribution < -0.4 is 5.32 Å². The first-order valence-corrected chi connectivity index (χ1v) is 8.66. The van der Waals surface area contributed by atoms with Crippen molar-refractivity contribution in [2.75, 3.05) is 31.5 Å². The lowest BCUT2D eigenvalue weighted by molar-refractivity contribution is -0.130. The summed E-state index contributed by atoms with van der Waals surface area (Å²) < 4.78 is 0. The van der Waals surface area contributed by atoms with E-state index in [2.05, 4.69) is 28.3 Å². The van der Waals surface area contributed by atoms with Gasteiger partial charge in [0.2, 0.25) is 5.91 Å². The van der Waals surface area contributed by atoms with Gasteiger partial charge in [0, 0.05) is 38.8 Å². The van der Waals surface area contributed by atoms with Gasteiger partial charge in [-0.1, -0.05) is 12.1 Å². The van der Waals surface area contributed by atoms with Gasteiger partial charge in [0.1, 0.15) is 11.5 Å². The number of hydrogen-bond acceptors (Lipinski definition) is 5. The minimum Gasteiger partial charge on any atom is -0.339 e. The highest BCUT2D eigenvalue weighted by molar-refractivity contribution is 5.92. The Labute approximate surface area is 153 Å². The molecule has 7 heteroatoms.